The topological polar surface area (TPSA) is 60.6 Å². The molecule has 0 saturated carbocycles. The third kappa shape index (κ3) is 3.37. The van der Waals surface area contributed by atoms with Gasteiger partial charge in [0, 0.05) is 7.05 Å². The minimum Gasteiger partial charge on any atom is -0.364 e. The Kier molecular flexibility index (Phi) is 4.45. The van der Waals surface area contributed by atoms with Crippen LogP contribution in [0.2, 0.25) is 0 Å². The zero-order valence-electron chi connectivity index (χ0n) is 13.0. The number of aryl methyl sites for hydroxylation is 2. The van der Waals surface area contributed by atoms with Crippen molar-refractivity contribution in [3.63, 3.8) is 0 Å². The van der Waals surface area contributed by atoms with E-state index in [-0.39, 0.29) is 18.1 Å². The average Bonchev–Trinajstić information content (AvgIpc) is 2.54. The molecule has 20 heavy (non-hydrogen) atoms. The van der Waals surface area contributed by atoms with Crippen LogP contribution in [0.4, 0.5) is 5.69 Å². The van der Waals surface area contributed by atoms with Crippen LogP contribution >= 0.6 is 0 Å². The second kappa shape index (κ2) is 5.93. The van der Waals surface area contributed by atoms with Crippen LogP contribution < -0.4 is 10.2 Å². The first-order valence-electron chi connectivity index (χ1n) is 7.16. The summed E-state index contributed by atoms with van der Waals surface area (Å²) >= 11 is 0. The van der Waals surface area contributed by atoms with Crippen LogP contribution in [0.5, 0.6) is 0 Å². The normalized spacial score (nSPS) is 26.6. The molecule has 6 heteroatoms. The van der Waals surface area contributed by atoms with Gasteiger partial charge in [-0.3, -0.25) is 9.48 Å². The standard InChI is InChI=1S/C14H24N4O2/c1-9-6-18(7-10(2)20-9)8-13(19)15-14-11(3)16-17(5)12(14)4/h9-10H,6-8H2,1-5H3,(H,15,19)/p+1/t9-,10+. The molecule has 1 aliphatic heterocycles. The molecule has 1 aliphatic rings. The number of nitrogens with one attached hydrogen (secondary N) is 2. The number of quaternary nitrogens is 1. The first kappa shape index (κ1) is 15.0. The predicted molar refractivity (Wildman–Crippen MR) is 76.9 cm³/mol. The van der Waals surface area contributed by atoms with Crippen molar-refractivity contribution in [2.24, 2.45) is 7.05 Å². The maximum absolute atomic E-state index is 12.2. The Hall–Kier alpha value is -1.40. The van der Waals surface area contributed by atoms with E-state index in [1.54, 1.807) is 4.68 Å². The van der Waals surface area contributed by atoms with Crippen molar-refractivity contribution in [3.05, 3.63) is 11.4 Å². The molecule has 2 heterocycles. The van der Waals surface area contributed by atoms with Gasteiger partial charge in [-0.2, -0.15) is 5.10 Å². The zero-order chi connectivity index (χ0) is 14.9. The fourth-order valence-corrected chi connectivity index (χ4v) is 2.90. The summed E-state index contributed by atoms with van der Waals surface area (Å²) in [6.07, 6.45) is 0.423. The maximum atomic E-state index is 12.2. The Balaban J connectivity index is 1.95. The largest absolute Gasteiger partial charge is 0.364 e. The number of aromatic nitrogens is 2. The van der Waals surface area contributed by atoms with Gasteiger partial charge in [0.1, 0.15) is 25.3 Å². The van der Waals surface area contributed by atoms with Crippen LogP contribution in [0.25, 0.3) is 0 Å². The van der Waals surface area contributed by atoms with E-state index in [0.717, 1.165) is 30.2 Å². The highest BCUT2D eigenvalue weighted by molar-refractivity contribution is 5.92. The fourth-order valence-electron chi connectivity index (χ4n) is 2.90. The van der Waals surface area contributed by atoms with Crippen LogP contribution in [-0.2, 0) is 16.6 Å². The van der Waals surface area contributed by atoms with E-state index in [1.165, 1.54) is 4.90 Å². The second-order valence-corrected chi connectivity index (χ2v) is 5.81. The highest BCUT2D eigenvalue weighted by atomic mass is 16.5. The predicted octanol–water partition coefficient (Wildman–Crippen LogP) is -0.332. The van der Waals surface area contributed by atoms with Crippen molar-refractivity contribution in [1.82, 2.24) is 9.78 Å². The summed E-state index contributed by atoms with van der Waals surface area (Å²) < 4.78 is 7.48. The Bertz CT molecular complexity index is 488. The van der Waals surface area contributed by atoms with E-state index in [0.29, 0.717) is 6.54 Å². The molecule has 1 aromatic rings. The maximum Gasteiger partial charge on any atom is 0.279 e. The van der Waals surface area contributed by atoms with Gasteiger partial charge in [-0.15, -0.1) is 0 Å². The minimum absolute atomic E-state index is 0.0421. The van der Waals surface area contributed by atoms with Crippen LogP contribution in [0.15, 0.2) is 0 Å². The first-order chi connectivity index (χ1) is 9.36. The molecular weight excluding hydrogens is 256 g/mol. The molecule has 0 radical (unpaired) electrons. The van der Waals surface area contributed by atoms with Gasteiger partial charge in [-0.25, -0.2) is 0 Å². The lowest BCUT2D eigenvalue weighted by molar-refractivity contribution is -0.907. The van der Waals surface area contributed by atoms with Gasteiger partial charge < -0.3 is 15.0 Å². The van der Waals surface area contributed by atoms with E-state index in [9.17, 15) is 4.79 Å². The Morgan fingerprint density at radius 1 is 1.40 bits per heavy atom. The van der Waals surface area contributed by atoms with Gasteiger partial charge in [-0.1, -0.05) is 0 Å². The van der Waals surface area contributed by atoms with Crippen LogP contribution in [0, 0.1) is 13.8 Å². The van der Waals surface area contributed by atoms with Gasteiger partial charge in [0.2, 0.25) is 0 Å². The summed E-state index contributed by atoms with van der Waals surface area (Å²) in [5.74, 6) is 0.0421. The van der Waals surface area contributed by atoms with Gasteiger partial charge in [-0.05, 0) is 27.7 Å². The number of carbonyl (C=O) groups excluding carboxylic acids is 1. The number of ether oxygens (including phenoxy) is 1. The van der Waals surface area contributed by atoms with Crippen molar-refractivity contribution in [2.75, 3.05) is 25.0 Å². The van der Waals surface area contributed by atoms with Gasteiger partial charge in [0.15, 0.2) is 6.54 Å². The lowest BCUT2D eigenvalue weighted by Gasteiger charge is -2.31. The number of anilines is 1. The van der Waals surface area contributed by atoms with E-state index in [4.69, 9.17) is 4.74 Å². The van der Waals surface area contributed by atoms with E-state index >= 15 is 0 Å². The molecule has 0 bridgehead atoms. The fraction of sp³-hybridized carbons (Fsp3) is 0.714. The minimum atomic E-state index is 0.0421. The number of hydrogen-bond acceptors (Lipinski definition) is 3. The molecule has 0 aromatic carbocycles. The number of hydrogen-bond donors (Lipinski definition) is 2. The summed E-state index contributed by atoms with van der Waals surface area (Å²) in [5.41, 5.74) is 2.68. The monoisotopic (exact) mass is 281 g/mol. The lowest BCUT2D eigenvalue weighted by Crippen LogP contribution is -3.16. The summed E-state index contributed by atoms with van der Waals surface area (Å²) in [7, 11) is 1.88. The Labute approximate surface area is 120 Å². The van der Waals surface area contributed by atoms with Crippen molar-refractivity contribution < 1.29 is 14.4 Å². The van der Waals surface area contributed by atoms with Gasteiger partial charge >= 0.3 is 0 Å². The van der Waals surface area contributed by atoms with Crippen molar-refractivity contribution in [2.45, 2.75) is 39.9 Å². The molecule has 2 N–H and O–H groups in total. The number of amides is 1. The SMILES string of the molecule is Cc1nn(C)c(C)c1NC(=O)C[NH+]1C[C@@H](C)O[C@@H](C)C1. The summed E-state index contributed by atoms with van der Waals surface area (Å²) in [6.45, 7) is 10.2. The van der Waals surface area contributed by atoms with Crippen LogP contribution in [0.3, 0.4) is 0 Å². The molecule has 3 atom stereocenters. The molecule has 1 aromatic heterocycles. The molecule has 112 valence electrons. The molecular formula is C14H25N4O2+. The molecule has 1 fully saturated rings. The van der Waals surface area contributed by atoms with Crippen molar-refractivity contribution in [1.29, 1.82) is 0 Å². The molecule has 0 aliphatic carbocycles. The molecule has 2 rings (SSSR count). The summed E-state index contributed by atoms with van der Waals surface area (Å²) in [5, 5.41) is 7.30. The first-order valence-corrected chi connectivity index (χ1v) is 7.16. The quantitative estimate of drug-likeness (QED) is 0.797. The zero-order valence-corrected chi connectivity index (χ0v) is 13.0. The number of nitrogens with zero attached hydrogens (tertiary/aromatic N) is 2. The third-order valence-corrected chi connectivity index (χ3v) is 3.80. The molecule has 1 unspecified atom stereocenters. The highest BCUT2D eigenvalue weighted by Crippen LogP contribution is 2.17. The molecule has 1 saturated heterocycles. The molecule has 1 amide bonds. The summed E-state index contributed by atoms with van der Waals surface area (Å²) in [6, 6.07) is 0. The van der Waals surface area contributed by atoms with Crippen molar-refractivity contribution >= 4 is 11.6 Å². The number of carbonyl (C=O) groups is 1. The number of rotatable bonds is 3. The van der Waals surface area contributed by atoms with Crippen LogP contribution in [0.1, 0.15) is 25.2 Å². The Morgan fingerprint density at radius 2 is 2.00 bits per heavy atom. The average molecular weight is 281 g/mol. The van der Waals surface area contributed by atoms with Gasteiger partial charge in [0.25, 0.3) is 5.91 Å². The van der Waals surface area contributed by atoms with E-state index < -0.39 is 0 Å². The van der Waals surface area contributed by atoms with E-state index in [2.05, 4.69) is 24.3 Å². The number of morpholine rings is 1. The Morgan fingerprint density at radius 3 is 2.50 bits per heavy atom. The third-order valence-electron chi connectivity index (χ3n) is 3.80. The lowest BCUT2D eigenvalue weighted by atomic mass is 10.2. The summed E-state index contributed by atoms with van der Waals surface area (Å²) in [4.78, 5) is 13.5. The molecule has 6 nitrogen and oxygen atoms in total. The smallest absolute Gasteiger partial charge is 0.279 e. The van der Waals surface area contributed by atoms with Gasteiger partial charge in [0.05, 0.1) is 17.1 Å². The molecule has 0 spiro atoms. The highest BCUT2D eigenvalue weighted by Gasteiger charge is 2.27. The van der Waals surface area contributed by atoms with Crippen molar-refractivity contribution in [3.8, 4) is 0 Å². The second-order valence-electron chi connectivity index (χ2n) is 5.81. The van der Waals surface area contributed by atoms with E-state index in [1.807, 2.05) is 20.9 Å². The van der Waals surface area contributed by atoms with Crippen LogP contribution in [-0.4, -0.2) is 47.5 Å².